The van der Waals surface area contributed by atoms with Gasteiger partial charge in [0.15, 0.2) is 0 Å². The minimum atomic E-state index is -4.44. The van der Waals surface area contributed by atoms with Crippen LogP contribution in [0.1, 0.15) is 26.2 Å². The van der Waals surface area contributed by atoms with Gasteiger partial charge >= 0.3 is 13.8 Å². The van der Waals surface area contributed by atoms with Crippen LogP contribution >= 0.6 is 7.82 Å². The molecule has 94 valence electrons. The molecule has 0 aromatic carbocycles. The van der Waals surface area contributed by atoms with Crippen LogP contribution < -0.4 is 0 Å². The van der Waals surface area contributed by atoms with E-state index in [9.17, 15) is 14.2 Å². The van der Waals surface area contributed by atoms with Crippen LogP contribution in [0.15, 0.2) is 0 Å². The van der Waals surface area contributed by atoms with Crippen molar-refractivity contribution >= 4 is 19.6 Å². The predicted molar refractivity (Wildman–Crippen MR) is 53.5 cm³/mol. The standard InChI is InChI=1S/C8H15O7P/c1-2-14-8(10)7(9)5-3-4-6-15-16(11,12)13/h2-6H2,1H3,(H2,11,12,13). The van der Waals surface area contributed by atoms with Crippen LogP contribution in [-0.4, -0.2) is 34.8 Å². The van der Waals surface area contributed by atoms with Crippen molar-refractivity contribution in [1.82, 2.24) is 0 Å². The van der Waals surface area contributed by atoms with Crippen molar-refractivity contribution in [2.75, 3.05) is 13.2 Å². The summed E-state index contributed by atoms with van der Waals surface area (Å²) in [4.78, 5) is 38.5. The van der Waals surface area contributed by atoms with Gasteiger partial charge in [-0.1, -0.05) is 0 Å². The number of rotatable bonds is 8. The Hall–Kier alpha value is -0.750. The molecule has 0 saturated heterocycles. The first-order valence-corrected chi connectivity index (χ1v) is 6.30. The maximum atomic E-state index is 11.0. The lowest BCUT2D eigenvalue weighted by atomic mass is 10.2. The Labute approximate surface area is 93.0 Å². The molecule has 0 aromatic rings. The molecule has 0 unspecified atom stereocenters. The Morgan fingerprint density at radius 2 is 1.88 bits per heavy atom. The van der Waals surface area contributed by atoms with Gasteiger partial charge in [0, 0.05) is 6.42 Å². The Bertz CT molecular complexity index is 282. The van der Waals surface area contributed by atoms with Crippen LogP contribution in [0.2, 0.25) is 0 Å². The number of carbonyl (C=O) groups excluding carboxylic acids is 2. The van der Waals surface area contributed by atoms with Crippen molar-refractivity contribution in [3.63, 3.8) is 0 Å². The van der Waals surface area contributed by atoms with Gasteiger partial charge < -0.3 is 14.5 Å². The van der Waals surface area contributed by atoms with Crippen LogP contribution in [0.3, 0.4) is 0 Å². The second kappa shape index (κ2) is 7.51. The first-order chi connectivity index (χ1) is 7.37. The average Bonchev–Trinajstić information content (AvgIpc) is 2.15. The van der Waals surface area contributed by atoms with Gasteiger partial charge in [0.25, 0.3) is 0 Å². The number of phosphoric acid groups is 1. The molecule has 7 nitrogen and oxygen atoms in total. The van der Waals surface area contributed by atoms with Gasteiger partial charge in [-0.2, -0.15) is 0 Å². The summed E-state index contributed by atoms with van der Waals surface area (Å²) in [6.07, 6.45) is 0.594. The monoisotopic (exact) mass is 254 g/mol. The van der Waals surface area contributed by atoms with Crippen molar-refractivity contribution in [2.45, 2.75) is 26.2 Å². The third-order valence-electron chi connectivity index (χ3n) is 1.56. The number of hydrogen-bond donors (Lipinski definition) is 2. The van der Waals surface area contributed by atoms with Gasteiger partial charge in [-0.3, -0.25) is 9.32 Å². The first kappa shape index (κ1) is 15.2. The van der Waals surface area contributed by atoms with E-state index in [1.54, 1.807) is 6.92 Å². The van der Waals surface area contributed by atoms with Crippen LogP contribution in [0.25, 0.3) is 0 Å². The smallest absolute Gasteiger partial charge is 0.460 e. The zero-order valence-corrected chi connectivity index (χ0v) is 9.81. The number of Topliss-reactive ketones (excluding diaryl/α,β-unsaturated/α-hetero) is 1. The molecule has 0 fully saturated rings. The number of hydrogen-bond acceptors (Lipinski definition) is 5. The lowest BCUT2D eigenvalue weighted by Gasteiger charge is -2.04. The van der Waals surface area contributed by atoms with Crippen molar-refractivity contribution in [3.05, 3.63) is 0 Å². The molecule has 0 heterocycles. The zero-order chi connectivity index (χ0) is 12.6. The number of unbranched alkanes of at least 4 members (excludes halogenated alkanes) is 1. The molecule has 8 heteroatoms. The molecular weight excluding hydrogens is 239 g/mol. The van der Waals surface area contributed by atoms with Crippen LogP contribution in [0.5, 0.6) is 0 Å². The number of ketones is 1. The fourth-order valence-corrected chi connectivity index (χ4v) is 1.25. The van der Waals surface area contributed by atoms with Crippen LogP contribution in [0.4, 0.5) is 0 Å². The van der Waals surface area contributed by atoms with Crippen molar-refractivity contribution in [2.24, 2.45) is 0 Å². The molecule has 0 rings (SSSR count). The quantitative estimate of drug-likeness (QED) is 0.279. The molecule has 16 heavy (non-hydrogen) atoms. The Morgan fingerprint density at radius 3 is 2.38 bits per heavy atom. The third-order valence-corrected chi connectivity index (χ3v) is 2.08. The summed E-state index contributed by atoms with van der Waals surface area (Å²) in [6, 6.07) is 0. The van der Waals surface area contributed by atoms with Crippen molar-refractivity contribution in [3.8, 4) is 0 Å². The fourth-order valence-electron chi connectivity index (χ4n) is 0.885. The van der Waals surface area contributed by atoms with Gasteiger partial charge in [0.2, 0.25) is 5.78 Å². The van der Waals surface area contributed by atoms with Crippen molar-refractivity contribution < 1.29 is 33.2 Å². The van der Waals surface area contributed by atoms with E-state index >= 15 is 0 Å². The molecule has 0 atom stereocenters. The molecule has 0 bridgehead atoms. The summed E-state index contributed by atoms with van der Waals surface area (Å²) in [5.41, 5.74) is 0. The fraction of sp³-hybridized carbons (Fsp3) is 0.750. The van der Waals surface area contributed by atoms with Gasteiger partial charge in [0.05, 0.1) is 13.2 Å². The SMILES string of the molecule is CCOC(=O)C(=O)CCCCOP(=O)(O)O. The van der Waals surface area contributed by atoms with E-state index in [-0.39, 0.29) is 26.1 Å². The summed E-state index contributed by atoms with van der Waals surface area (Å²) in [5, 5.41) is 0. The molecule has 0 aliphatic carbocycles. The Morgan fingerprint density at radius 1 is 1.25 bits per heavy atom. The van der Waals surface area contributed by atoms with Gasteiger partial charge in [-0.05, 0) is 19.8 Å². The number of esters is 1. The molecule has 0 spiro atoms. The highest BCUT2D eigenvalue weighted by Crippen LogP contribution is 2.35. The zero-order valence-electron chi connectivity index (χ0n) is 8.92. The summed E-state index contributed by atoms with van der Waals surface area (Å²) < 4.78 is 18.9. The topological polar surface area (TPSA) is 110 Å². The lowest BCUT2D eigenvalue weighted by Crippen LogP contribution is -2.17. The van der Waals surface area contributed by atoms with Gasteiger partial charge in [-0.25, -0.2) is 9.36 Å². The lowest BCUT2D eigenvalue weighted by molar-refractivity contribution is -0.153. The van der Waals surface area contributed by atoms with Gasteiger partial charge in [-0.15, -0.1) is 0 Å². The summed E-state index contributed by atoms with van der Waals surface area (Å²) in [7, 11) is -4.44. The highest BCUT2D eigenvalue weighted by molar-refractivity contribution is 7.46. The Kier molecular flexibility index (Phi) is 7.16. The van der Waals surface area contributed by atoms with E-state index in [1.807, 2.05) is 0 Å². The molecule has 0 aliphatic heterocycles. The first-order valence-electron chi connectivity index (χ1n) is 4.77. The average molecular weight is 254 g/mol. The number of ether oxygens (including phenoxy) is 1. The summed E-state index contributed by atoms with van der Waals surface area (Å²) in [6.45, 7) is 1.59. The van der Waals surface area contributed by atoms with E-state index < -0.39 is 19.6 Å². The molecule has 0 amide bonds. The molecule has 0 saturated carbocycles. The molecular formula is C8H15O7P. The molecule has 0 aliphatic rings. The predicted octanol–water partition coefficient (Wildman–Crippen LogP) is 0.398. The van der Waals surface area contributed by atoms with Gasteiger partial charge in [0.1, 0.15) is 0 Å². The molecule has 2 N–H and O–H groups in total. The Balaban J connectivity index is 3.56. The summed E-state index contributed by atoms with van der Waals surface area (Å²) >= 11 is 0. The van der Waals surface area contributed by atoms with E-state index in [2.05, 4.69) is 9.26 Å². The minimum absolute atomic E-state index is 0.0106. The highest BCUT2D eigenvalue weighted by atomic mass is 31.2. The second-order valence-corrected chi connectivity index (χ2v) is 4.16. The maximum Gasteiger partial charge on any atom is 0.469 e. The number of carbonyl (C=O) groups is 2. The van der Waals surface area contributed by atoms with E-state index in [4.69, 9.17) is 9.79 Å². The third kappa shape index (κ3) is 8.55. The number of phosphoric ester groups is 1. The molecule has 0 radical (unpaired) electrons. The largest absolute Gasteiger partial charge is 0.469 e. The normalized spacial score (nSPS) is 11.2. The van der Waals surface area contributed by atoms with Crippen LogP contribution in [0, 0.1) is 0 Å². The van der Waals surface area contributed by atoms with Crippen molar-refractivity contribution in [1.29, 1.82) is 0 Å². The maximum absolute atomic E-state index is 11.0. The van der Waals surface area contributed by atoms with Crippen LogP contribution in [-0.2, 0) is 23.4 Å². The second-order valence-electron chi connectivity index (χ2n) is 2.92. The highest BCUT2D eigenvalue weighted by Gasteiger charge is 2.15. The molecule has 0 aromatic heterocycles. The van der Waals surface area contributed by atoms with E-state index in [0.29, 0.717) is 6.42 Å². The van der Waals surface area contributed by atoms with E-state index in [1.165, 1.54) is 0 Å². The van der Waals surface area contributed by atoms with E-state index in [0.717, 1.165) is 0 Å². The minimum Gasteiger partial charge on any atom is -0.460 e. The summed E-state index contributed by atoms with van der Waals surface area (Å²) in [5.74, 6) is -1.52.